The second-order valence-corrected chi connectivity index (χ2v) is 7.30. The second kappa shape index (κ2) is 6.06. The maximum absolute atomic E-state index is 12.9. The molecule has 2 fully saturated rings. The number of aryl methyl sites for hydroxylation is 1. The van der Waals surface area contributed by atoms with Crippen LogP contribution >= 0.6 is 0 Å². The van der Waals surface area contributed by atoms with Crippen LogP contribution in [0.15, 0.2) is 48.5 Å². The number of hydrogen-bond acceptors (Lipinski definition) is 2. The van der Waals surface area contributed by atoms with Crippen molar-refractivity contribution >= 4 is 5.91 Å². The lowest BCUT2D eigenvalue weighted by Crippen LogP contribution is -2.30. The van der Waals surface area contributed by atoms with Crippen LogP contribution in [0.4, 0.5) is 0 Å². The smallest absolute Gasteiger partial charge is 0.253 e. The van der Waals surface area contributed by atoms with Crippen molar-refractivity contribution in [2.24, 2.45) is 11.8 Å². The lowest BCUT2D eigenvalue weighted by molar-refractivity contribution is 0.0765. The third-order valence-electron chi connectivity index (χ3n) is 5.51. The topological polar surface area (TPSA) is 40.5 Å². The molecule has 24 heavy (non-hydrogen) atoms. The normalized spacial score (nSPS) is 25.8. The first-order valence-electron chi connectivity index (χ1n) is 8.74. The van der Waals surface area contributed by atoms with E-state index in [0.29, 0.717) is 11.8 Å². The Bertz CT molecular complexity index is 739. The summed E-state index contributed by atoms with van der Waals surface area (Å²) in [5.41, 5.74) is 4.21. The van der Waals surface area contributed by atoms with Crippen LogP contribution < -0.4 is 0 Å². The molecule has 3 heteroatoms. The fraction of sp³-hybridized carbons (Fsp3) is 0.381. The maximum atomic E-state index is 12.9. The molecule has 0 spiro atoms. The number of benzene rings is 2. The van der Waals surface area contributed by atoms with Gasteiger partial charge in [-0.2, -0.15) is 0 Å². The Morgan fingerprint density at radius 1 is 1.00 bits per heavy atom. The van der Waals surface area contributed by atoms with Gasteiger partial charge in [0.2, 0.25) is 0 Å². The van der Waals surface area contributed by atoms with Gasteiger partial charge in [0.1, 0.15) is 0 Å². The largest absolute Gasteiger partial charge is 0.393 e. The third kappa shape index (κ3) is 2.84. The van der Waals surface area contributed by atoms with Crippen LogP contribution in [0, 0.1) is 18.8 Å². The van der Waals surface area contributed by atoms with Crippen molar-refractivity contribution < 1.29 is 9.90 Å². The highest BCUT2D eigenvalue weighted by Gasteiger charge is 2.41. The molecule has 0 bridgehead atoms. The molecular weight excluding hydrogens is 298 g/mol. The molecule has 1 saturated carbocycles. The number of amides is 1. The number of likely N-dealkylation sites (tertiary alicyclic amines) is 1. The molecule has 2 aliphatic rings. The van der Waals surface area contributed by atoms with E-state index >= 15 is 0 Å². The number of carbonyl (C=O) groups is 1. The number of aliphatic hydroxyl groups is 1. The maximum Gasteiger partial charge on any atom is 0.253 e. The van der Waals surface area contributed by atoms with E-state index < -0.39 is 0 Å². The van der Waals surface area contributed by atoms with E-state index in [4.69, 9.17) is 0 Å². The Morgan fingerprint density at radius 2 is 1.67 bits per heavy atom. The van der Waals surface area contributed by atoms with Crippen LogP contribution in [0.25, 0.3) is 11.1 Å². The highest BCUT2D eigenvalue weighted by atomic mass is 16.3. The Labute approximate surface area is 142 Å². The lowest BCUT2D eigenvalue weighted by Gasteiger charge is -2.18. The van der Waals surface area contributed by atoms with E-state index in [1.54, 1.807) is 0 Å². The third-order valence-corrected chi connectivity index (χ3v) is 5.51. The van der Waals surface area contributed by atoms with Crippen LogP contribution in [-0.2, 0) is 0 Å². The lowest BCUT2D eigenvalue weighted by atomic mass is 10.0. The number of carbonyl (C=O) groups excluding carboxylic acids is 1. The molecule has 3 nitrogen and oxygen atoms in total. The molecule has 1 N–H and O–H groups in total. The van der Waals surface area contributed by atoms with Gasteiger partial charge in [-0.3, -0.25) is 4.79 Å². The molecule has 3 atom stereocenters. The summed E-state index contributed by atoms with van der Waals surface area (Å²) in [6, 6.07) is 16.3. The van der Waals surface area contributed by atoms with Gasteiger partial charge in [0.15, 0.2) is 0 Å². The van der Waals surface area contributed by atoms with Crippen molar-refractivity contribution in [2.75, 3.05) is 13.1 Å². The molecule has 1 heterocycles. The molecule has 1 amide bonds. The Kier molecular flexibility index (Phi) is 3.89. The first-order valence-corrected chi connectivity index (χ1v) is 8.74. The molecule has 0 aromatic heterocycles. The van der Waals surface area contributed by atoms with Gasteiger partial charge in [0.25, 0.3) is 5.91 Å². The number of hydrogen-bond donors (Lipinski definition) is 1. The van der Waals surface area contributed by atoms with E-state index in [9.17, 15) is 9.90 Å². The van der Waals surface area contributed by atoms with Crippen LogP contribution in [0.5, 0.6) is 0 Å². The van der Waals surface area contributed by atoms with E-state index in [-0.39, 0.29) is 12.0 Å². The molecule has 1 aliphatic carbocycles. The molecule has 1 saturated heterocycles. The number of rotatable bonds is 2. The molecular formula is C21H23NO2. The summed E-state index contributed by atoms with van der Waals surface area (Å²) in [5.74, 6) is 1.07. The monoisotopic (exact) mass is 321 g/mol. The van der Waals surface area contributed by atoms with Gasteiger partial charge in [-0.25, -0.2) is 0 Å². The Balaban J connectivity index is 1.53. The van der Waals surface area contributed by atoms with E-state index in [1.165, 1.54) is 5.56 Å². The molecule has 0 radical (unpaired) electrons. The summed E-state index contributed by atoms with van der Waals surface area (Å²) in [7, 11) is 0. The fourth-order valence-corrected chi connectivity index (χ4v) is 4.19. The quantitative estimate of drug-likeness (QED) is 0.919. The second-order valence-electron chi connectivity index (χ2n) is 7.30. The number of aliphatic hydroxyl groups excluding tert-OH is 1. The SMILES string of the molecule is Cc1ccc(-c2cccc(C(=O)N3C[C@H]4CC(O)C[C@H]4C3)c2)cc1. The zero-order chi connectivity index (χ0) is 16.7. The zero-order valence-corrected chi connectivity index (χ0v) is 14.0. The summed E-state index contributed by atoms with van der Waals surface area (Å²) >= 11 is 0. The first kappa shape index (κ1) is 15.4. The van der Waals surface area contributed by atoms with E-state index in [0.717, 1.165) is 42.6 Å². The van der Waals surface area contributed by atoms with Crippen molar-refractivity contribution in [2.45, 2.75) is 25.9 Å². The van der Waals surface area contributed by atoms with Crippen molar-refractivity contribution in [1.29, 1.82) is 0 Å². The van der Waals surface area contributed by atoms with Crippen molar-refractivity contribution in [3.05, 3.63) is 59.7 Å². The Morgan fingerprint density at radius 3 is 2.33 bits per heavy atom. The summed E-state index contributed by atoms with van der Waals surface area (Å²) in [4.78, 5) is 14.8. The predicted octanol–water partition coefficient (Wildman–Crippen LogP) is 3.50. The van der Waals surface area contributed by atoms with Crippen LogP contribution in [0.1, 0.15) is 28.8 Å². The molecule has 1 unspecified atom stereocenters. The van der Waals surface area contributed by atoms with Crippen molar-refractivity contribution in [3.63, 3.8) is 0 Å². The Hall–Kier alpha value is -2.13. The van der Waals surface area contributed by atoms with Gasteiger partial charge in [0, 0.05) is 18.7 Å². The van der Waals surface area contributed by atoms with Crippen LogP contribution in [-0.4, -0.2) is 35.1 Å². The molecule has 4 rings (SSSR count). The van der Waals surface area contributed by atoms with Gasteiger partial charge in [-0.1, -0.05) is 42.0 Å². The van der Waals surface area contributed by atoms with Crippen LogP contribution in [0.3, 0.4) is 0 Å². The van der Waals surface area contributed by atoms with Gasteiger partial charge in [0.05, 0.1) is 6.10 Å². The standard InChI is InChI=1S/C21H23NO2/c1-14-5-7-15(8-6-14)16-3-2-4-17(9-16)21(24)22-12-18-10-20(23)11-19(18)13-22/h2-9,18-20,23H,10-13H2,1H3/t18-,19+,20?. The van der Waals surface area contributed by atoms with Crippen LogP contribution in [0.2, 0.25) is 0 Å². The van der Waals surface area contributed by atoms with Gasteiger partial charge in [-0.15, -0.1) is 0 Å². The van der Waals surface area contributed by atoms with Gasteiger partial charge in [-0.05, 0) is 54.9 Å². The first-order chi connectivity index (χ1) is 11.6. The van der Waals surface area contributed by atoms with E-state index in [1.807, 2.05) is 23.1 Å². The van der Waals surface area contributed by atoms with Gasteiger partial charge >= 0.3 is 0 Å². The fourth-order valence-electron chi connectivity index (χ4n) is 4.19. The van der Waals surface area contributed by atoms with Gasteiger partial charge < -0.3 is 10.0 Å². The molecule has 2 aromatic carbocycles. The summed E-state index contributed by atoms with van der Waals surface area (Å²) in [6.45, 7) is 3.65. The average molecular weight is 321 g/mol. The highest BCUT2D eigenvalue weighted by Crippen LogP contribution is 2.38. The minimum atomic E-state index is -0.165. The number of fused-ring (bicyclic) bond motifs is 1. The zero-order valence-electron chi connectivity index (χ0n) is 14.0. The van der Waals surface area contributed by atoms with E-state index in [2.05, 4.69) is 37.3 Å². The molecule has 124 valence electrons. The molecule has 1 aliphatic heterocycles. The highest BCUT2D eigenvalue weighted by molar-refractivity contribution is 5.95. The predicted molar refractivity (Wildman–Crippen MR) is 94.7 cm³/mol. The summed E-state index contributed by atoms with van der Waals surface area (Å²) in [5, 5.41) is 9.76. The number of nitrogens with zero attached hydrogens (tertiary/aromatic N) is 1. The minimum Gasteiger partial charge on any atom is -0.393 e. The minimum absolute atomic E-state index is 0.118. The summed E-state index contributed by atoms with van der Waals surface area (Å²) < 4.78 is 0. The summed E-state index contributed by atoms with van der Waals surface area (Å²) in [6.07, 6.45) is 1.53. The average Bonchev–Trinajstić information content (AvgIpc) is 3.12. The van der Waals surface area contributed by atoms with Crippen molar-refractivity contribution in [3.8, 4) is 11.1 Å². The molecule has 2 aromatic rings. The van der Waals surface area contributed by atoms with Crippen molar-refractivity contribution in [1.82, 2.24) is 4.90 Å².